The van der Waals surface area contributed by atoms with Crippen molar-refractivity contribution in [3.63, 3.8) is 0 Å². The van der Waals surface area contributed by atoms with Gasteiger partial charge in [-0.05, 0) is 31.4 Å². The minimum atomic E-state index is -3.77. The topological polar surface area (TPSA) is 75.3 Å². The molecule has 0 heterocycles. The highest BCUT2D eigenvalue weighted by atomic mass is 32.2. The zero-order chi connectivity index (χ0) is 13.3. The molecule has 98 valence electrons. The van der Waals surface area contributed by atoms with E-state index in [0.29, 0.717) is 5.92 Å². The van der Waals surface area contributed by atoms with E-state index in [9.17, 15) is 13.2 Å². The standard InChI is InChI=1S/C12H16N2O3S/c1-8-3-5-10(6-4-8)18(16,17)14-12(15)13-11-7-9(11)2/h3-6,9,11H,7H2,1-2H3,(H2,13,14,15). The summed E-state index contributed by atoms with van der Waals surface area (Å²) in [7, 11) is -3.77. The number of carbonyl (C=O) groups excluding carboxylic acids is 1. The van der Waals surface area contributed by atoms with Crippen LogP contribution in [0, 0.1) is 12.8 Å². The molecule has 1 aromatic rings. The first kappa shape index (κ1) is 12.9. The summed E-state index contributed by atoms with van der Waals surface area (Å²) in [4.78, 5) is 11.6. The Bertz CT molecular complexity index is 551. The molecule has 5 nitrogen and oxygen atoms in total. The highest BCUT2D eigenvalue weighted by molar-refractivity contribution is 7.90. The van der Waals surface area contributed by atoms with E-state index in [2.05, 4.69) is 5.32 Å². The molecule has 0 spiro atoms. The van der Waals surface area contributed by atoms with Crippen molar-refractivity contribution in [2.45, 2.75) is 31.2 Å². The summed E-state index contributed by atoms with van der Waals surface area (Å²) in [6.07, 6.45) is 0.901. The molecular formula is C12H16N2O3S. The van der Waals surface area contributed by atoms with Gasteiger partial charge in [0.15, 0.2) is 0 Å². The molecule has 0 bridgehead atoms. The van der Waals surface area contributed by atoms with E-state index in [1.54, 1.807) is 12.1 Å². The van der Waals surface area contributed by atoms with Gasteiger partial charge in [0.25, 0.3) is 10.0 Å². The molecule has 0 saturated heterocycles. The largest absolute Gasteiger partial charge is 0.334 e. The smallest absolute Gasteiger partial charge is 0.328 e. The molecule has 0 aromatic heterocycles. The van der Waals surface area contributed by atoms with Crippen LogP contribution < -0.4 is 10.0 Å². The lowest BCUT2D eigenvalue weighted by Crippen LogP contribution is -2.40. The Morgan fingerprint density at radius 2 is 1.83 bits per heavy atom. The average molecular weight is 268 g/mol. The molecule has 1 aromatic carbocycles. The molecule has 2 rings (SSSR count). The number of aryl methyl sites for hydroxylation is 1. The molecule has 1 aliphatic carbocycles. The van der Waals surface area contributed by atoms with Gasteiger partial charge in [-0.1, -0.05) is 24.6 Å². The van der Waals surface area contributed by atoms with Crippen LogP contribution in [-0.4, -0.2) is 20.5 Å². The monoisotopic (exact) mass is 268 g/mol. The third kappa shape index (κ3) is 3.01. The number of hydrogen-bond acceptors (Lipinski definition) is 3. The number of carbonyl (C=O) groups is 1. The first-order valence-electron chi connectivity index (χ1n) is 5.78. The fraction of sp³-hybridized carbons (Fsp3) is 0.417. The number of hydrogen-bond donors (Lipinski definition) is 2. The third-order valence-corrected chi connectivity index (χ3v) is 4.33. The van der Waals surface area contributed by atoms with Gasteiger partial charge in [0, 0.05) is 6.04 Å². The van der Waals surface area contributed by atoms with E-state index >= 15 is 0 Å². The van der Waals surface area contributed by atoms with Crippen LogP contribution in [0.25, 0.3) is 0 Å². The summed E-state index contributed by atoms with van der Waals surface area (Å²) in [5, 5.41) is 2.61. The fourth-order valence-electron chi connectivity index (χ4n) is 1.62. The number of sulfonamides is 1. The van der Waals surface area contributed by atoms with E-state index in [4.69, 9.17) is 0 Å². The maximum Gasteiger partial charge on any atom is 0.328 e. The molecule has 0 radical (unpaired) electrons. The molecule has 2 unspecified atom stereocenters. The molecule has 2 amide bonds. The second-order valence-corrected chi connectivity index (χ2v) is 6.39. The minimum absolute atomic E-state index is 0.0899. The quantitative estimate of drug-likeness (QED) is 0.870. The van der Waals surface area contributed by atoms with Crippen LogP contribution in [0.5, 0.6) is 0 Å². The molecule has 2 N–H and O–H groups in total. The summed E-state index contributed by atoms with van der Waals surface area (Å²) in [6.45, 7) is 3.87. The van der Waals surface area contributed by atoms with Crippen LogP contribution in [0.4, 0.5) is 4.79 Å². The second-order valence-electron chi connectivity index (χ2n) is 4.71. The van der Waals surface area contributed by atoms with Crippen molar-refractivity contribution in [3.05, 3.63) is 29.8 Å². The van der Waals surface area contributed by atoms with E-state index < -0.39 is 16.1 Å². The van der Waals surface area contributed by atoms with Crippen molar-refractivity contribution >= 4 is 16.1 Å². The van der Waals surface area contributed by atoms with Crippen LogP contribution in [0.15, 0.2) is 29.2 Å². The van der Waals surface area contributed by atoms with Crippen LogP contribution in [0.1, 0.15) is 18.9 Å². The van der Waals surface area contributed by atoms with Crippen molar-refractivity contribution in [1.29, 1.82) is 0 Å². The first-order valence-corrected chi connectivity index (χ1v) is 7.27. The SMILES string of the molecule is Cc1ccc(S(=O)(=O)NC(=O)NC2CC2C)cc1. The Balaban J connectivity index is 2.02. The van der Waals surface area contributed by atoms with E-state index in [1.165, 1.54) is 12.1 Å². The van der Waals surface area contributed by atoms with E-state index in [1.807, 2.05) is 18.6 Å². The Morgan fingerprint density at radius 1 is 1.28 bits per heavy atom. The lowest BCUT2D eigenvalue weighted by molar-refractivity contribution is 0.245. The number of urea groups is 1. The van der Waals surface area contributed by atoms with Gasteiger partial charge in [0.1, 0.15) is 0 Å². The van der Waals surface area contributed by atoms with Crippen molar-refractivity contribution in [2.75, 3.05) is 0 Å². The van der Waals surface area contributed by atoms with Crippen LogP contribution >= 0.6 is 0 Å². The Hall–Kier alpha value is -1.56. The van der Waals surface area contributed by atoms with Gasteiger partial charge >= 0.3 is 6.03 Å². The maximum atomic E-state index is 11.9. The highest BCUT2D eigenvalue weighted by Gasteiger charge is 2.34. The van der Waals surface area contributed by atoms with Gasteiger partial charge in [-0.15, -0.1) is 0 Å². The zero-order valence-electron chi connectivity index (χ0n) is 10.3. The summed E-state index contributed by atoms with van der Waals surface area (Å²) >= 11 is 0. The lowest BCUT2D eigenvalue weighted by Gasteiger charge is -2.08. The molecule has 1 aliphatic rings. The molecule has 1 fully saturated rings. The predicted molar refractivity (Wildman–Crippen MR) is 67.6 cm³/mol. The molecular weight excluding hydrogens is 252 g/mol. The third-order valence-electron chi connectivity index (χ3n) is 2.98. The van der Waals surface area contributed by atoms with E-state index in [0.717, 1.165) is 12.0 Å². The van der Waals surface area contributed by atoms with Gasteiger partial charge < -0.3 is 5.32 Å². The van der Waals surface area contributed by atoms with Crippen molar-refractivity contribution in [2.24, 2.45) is 5.92 Å². The Morgan fingerprint density at radius 3 is 2.33 bits per heavy atom. The fourth-order valence-corrected chi connectivity index (χ4v) is 2.53. The maximum absolute atomic E-state index is 11.9. The summed E-state index contributed by atoms with van der Waals surface area (Å²) < 4.78 is 25.7. The van der Waals surface area contributed by atoms with E-state index in [-0.39, 0.29) is 10.9 Å². The van der Waals surface area contributed by atoms with Crippen molar-refractivity contribution in [1.82, 2.24) is 10.0 Å². The zero-order valence-corrected chi connectivity index (χ0v) is 11.1. The van der Waals surface area contributed by atoms with Gasteiger partial charge in [-0.2, -0.15) is 0 Å². The van der Waals surface area contributed by atoms with Gasteiger partial charge in [0.2, 0.25) is 0 Å². The van der Waals surface area contributed by atoms with Crippen LogP contribution in [0.3, 0.4) is 0 Å². The highest BCUT2D eigenvalue weighted by Crippen LogP contribution is 2.28. The van der Waals surface area contributed by atoms with Crippen LogP contribution in [0.2, 0.25) is 0 Å². The van der Waals surface area contributed by atoms with Gasteiger partial charge in [-0.3, -0.25) is 0 Å². The molecule has 18 heavy (non-hydrogen) atoms. The van der Waals surface area contributed by atoms with Crippen molar-refractivity contribution in [3.8, 4) is 0 Å². The number of nitrogens with one attached hydrogen (secondary N) is 2. The van der Waals surface area contributed by atoms with Gasteiger partial charge in [0.05, 0.1) is 4.90 Å². The predicted octanol–water partition coefficient (Wildman–Crippen LogP) is 1.39. The molecule has 0 aliphatic heterocycles. The summed E-state index contributed by atoms with van der Waals surface area (Å²) in [6, 6.07) is 5.77. The van der Waals surface area contributed by atoms with Gasteiger partial charge in [-0.25, -0.2) is 17.9 Å². The number of amides is 2. The molecule has 1 saturated carbocycles. The lowest BCUT2D eigenvalue weighted by atomic mass is 10.2. The minimum Gasteiger partial charge on any atom is -0.334 e. The Labute approximate surface area is 107 Å². The molecule has 2 atom stereocenters. The number of rotatable bonds is 3. The second kappa shape index (κ2) is 4.61. The Kier molecular flexibility index (Phi) is 3.30. The summed E-state index contributed by atoms with van der Waals surface area (Å²) in [5.41, 5.74) is 0.963. The molecule has 6 heteroatoms. The normalized spacial score (nSPS) is 22.3. The summed E-state index contributed by atoms with van der Waals surface area (Å²) in [5.74, 6) is 0.429. The first-order chi connectivity index (χ1) is 8.38. The number of benzene rings is 1. The van der Waals surface area contributed by atoms with Crippen molar-refractivity contribution < 1.29 is 13.2 Å². The average Bonchev–Trinajstić information content (AvgIpc) is 2.93. The van der Waals surface area contributed by atoms with Crippen LogP contribution in [-0.2, 0) is 10.0 Å².